The molecule has 178 valence electrons. The molecule has 1 aromatic heterocycles. The molecule has 5 rings (SSSR count). The van der Waals surface area contributed by atoms with Crippen LogP contribution in [0.4, 0.5) is 18.0 Å². The van der Waals surface area contributed by atoms with E-state index in [4.69, 9.17) is 33.1 Å². The number of hydrogen-bond acceptors (Lipinski definition) is 4. The Bertz CT molecular complexity index is 1500. The number of rotatable bonds is 3. The van der Waals surface area contributed by atoms with Crippen molar-refractivity contribution in [3.05, 3.63) is 88.2 Å². The molecule has 1 N–H and O–H groups in total. The summed E-state index contributed by atoms with van der Waals surface area (Å²) >= 11 is 12.0. The third-order valence-electron chi connectivity index (χ3n) is 5.84. The molecule has 0 amide bonds. The molecule has 1 unspecified atom stereocenters. The van der Waals surface area contributed by atoms with Crippen LogP contribution in [0.3, 0.4) is 0 Å². The second-order valence-electron chi connectivity index (χ2n) is 7.95. The number of nitrogens with zero attached hydrogens (tertiary/aromatic N) is 3. The van der Waals surface area contributed by atoms with Gasteiger partial charge in [0, 0.05) is 39.4 Å². The second-order valence-corrected chi connectivity index (χ2v) is 8.82. The van der Waals surface area contributed by atoms with E-state index in [-0.39, 0.29) is 21.3 Å². The summed E-state index contributed by atoms with van der Waals surface area (Å²) in [5, 5.41) is 18.2. The highest BCUT2D eigenvalue weighted by Gasteiger charge is 2.62. The molecule has 0 bridgehead atoms. The molecule has 11 heteroatoms. The molecule has 4 aromatic rings. The minimum Gasteiger partial charge on any atom is -0.463 e. The lowest BCUT2D eigenvalue weighted by Crippen LogP contribution is -2.42. The molecular formula is C24H14Cl2F3N3O3. The number of halogens is 5. The Labute approximate surface area is 206 Å². The highest BCUT2D eigenvalue weighted by molar-refractivity contribution is 6.34. The van der Waals surface area contributed by atoms with Crippen molar-refractivity contribution in [1.82, 2.24) is 9.78 Å². The van der Waals surface area contributed by atoms with Crippen molar-refractivity contribution in [3.63, 3.8) is 0 Å². The topological polar surface area (TPSA) is 76.7 Å². The lowest BCUT2D eigenvalue weighted by molar-refractivity contribution is -0.275. The molecule has 35 heavy (non-hydrogen) atoms. The highest BCUT2D eigenvalue weighted by atomic mass is 35.5. The molecule has 1 aliphatic heterocycles. The van der Waals surface area contributed by atoms with Gasteiger partial charge in [-0.25, -0.2) is 4.79 Å². The molecule has 0 spiro atoms. The first-order chi connectivity index (χ1) is 16.6. The molecule has 0 fully saturated rings. The Kier molecular flexibility index (Phi) is 5.49. The zero-order valence-corrected chi connectivity index (χ0v) is 19.1. The number of carbonyl (C=O) groups is 1. The average molecular weight is 520 g/mol. The van der Waals surface area contributed by atoms with E-state index in [0.29, 0.717) is 27.5 Å². The summed E-state index contributed by atoms with van der Waals surface area (Å²) in [5.74, 6) is 0. The fraction of sp³-hybridized carbons (Fsp3) is 0.125. The van der Waals surface area contributed by atoms with Crippen molar-refractivity contribution in [2.45, 2.75) is 18.2 Å². The number of fused-ring (bicyclic) bond motifs is 1. The minimum absolute atomic E-state index is 0.0462. The van der Waals surface area contributed by atoms with Crippen molar-refractivity contribution < 1.29 is 27.9 Å². The largest absolute Gasteiger partial charge is 0.463 e. The highest BCUT2D eigenvalue weighted by Crippen LogP contribution is 2.50. The van der Waals surface area contributed by atoms with Gasteiger partial charge in [0.15, 0.2) is 0 Å². The normalized spacial score (nSPS) is 17.9. The Morgan fingerprint density at radius 1 is 1.03 bits per heavy atom. The monoisotopic (exact) mass is 519 g/mol. The van der Waals surface area contributed by atoms with Crippen LogP contribution >= 0.6 is 23.2 Å². The fourth-order valence-corrected chi connectivity index (χ4v) is 4.73. The zero-order chi connectivity index (χ0) is 25.0. The number of carboxylic acid groups (broad SMARTS) is 1. The Hall–Kier alpha value is -3.56. The predicted octanol–water partition coefficient (Wildman–Crippen LogP) is 7.12. The molecular weight excluding hydrogens is 506 g/mol. The van der Waals surface area contributed by atoms with Gasteiger partial charge in [0.05, 0.1) is 11.9 Å². The standard InChI is InChI=1S/C24H14Cl2F3N3O3/c25-15-7-14(8-16(26)9-15)23(24(27,28)29)10-21(31-35-23)20-6-5-17(18-3-1-2-4-19(18)20)13-11-30-32(12-13)22(33)34/h1-9,11-12H,10H2,(H,33,34). The molecule has 1 aliphatic rings. The molecule has 0 aliphatic carbocycles. The van der Waals surface area contributed by atoms with Crippen molar-refractivity contribution in [2.75, 3.05) is 0 Å². The summed E-state index contributed by atoms with van der Waals surface area (Å²) in [5.41, 5.74) is -1.24. The van der Waals surface area contributed by atoms with Gasteiger partial charge in [0.2, 0.25) is 0 Å². The smallest absolute Gasteiger partial charge is 0.435 e. The van der Waals surface area contributed by atoms with Gasteiger partial charge in [-0.2, -0.15) is 23.0 Å². The fourth-order valence-electron chi connectivity index (χ4n) is 4.20. The van der Waals surface area contributed by atoms with Crippen LogP contribution in [0.1, 0.15) is 17.5 Å². The first-order valence-corrected chi connectivity index (χ1v) is 10.9. The van der Waals surface area contributed by atoms with Crippen molar-refractivity contribution >= 4 is 45.8 Å². The van der Waals surface area contributed by atoms with E-state index < -0.39 is 24.3 Å². The first-order valence-electron chi connectivity index (χ1n) is 10.2. The molecule has 0 saturated carbocycles. The van der Waals surface area contributed by atoms with Gasteiger partial charge in [-0.3, -0.25) is 0 Å². The van der Waals surface area contributed by atoms with E-state index in [1.165, 1.54) is 30.6 Å². The second kappa shape index (κ2) is 8.28. The first kappa shape index (κ1) is 23.2. The van der Waals surface area contributed by atoms with E-state index in [9.17, 15) is 18.0 Å². The zero-order valence-electron chi connectivity index (χ0n) is 17.6. The number of oxime groups is 1. The van der Waals surface area contributed by atoms with Gasteiger partial charge in [-0.15, -0.1) is 0 Å². The van der Waals surface area contributed by atoms with Crippen LogP contribution in [-0.2, 0) is 10.4 Å². The third kappa shape index (κ3) is 3.90. The SMILES string of the molecule is O=C(O)n1cc(-c2ccc(C3=NOC(c4cc(Cl)cc(Cl)c4)(C(F)(F)F)C3)c3ccccc23)cn1. The van der Waals surface area contributed by atoms with Gasteiger partial charge in [0.1, 0.15) is 0 Å². The number of benzene rings is 3. The molecule has 1 atom stereocenters. The van der Waals surface area contributed by atoms with Crippen LogP contribution in [0.15, 0.2) is 72.1 Å². The summed E-state index contributed by atoms with van der Waals surface area (Å²) in [4.78, 5) is 16.3. The van der Waals surface area contributed by atoms with E-state index in [1.807, 2.05) is 0 Å². The molecule has 0 radical (unpaired) electrons. The molecule has 3 aromatic carbocycles. The Morgan fingerprint density at radius 2 is 1.66 bits per heavy atom. The Balaban J connectivity index is 1.60. The summed E-state index contributed by atoms with van der Waals surface area (Å²) in [6.07, 6.45) is -3.87. The van der Waals surface area contributed by atoms with Crippen LogP contribution in [0.2, 0.25) is 10.0 Å². The maximum absolute atomic E-state index is 14.4. The van der Waals surface area contributed by atoms with Crippen LogP contribution < -0.4 is 0 Å². The van der Waals surface area contributed by atoms with Crippen molar-refractivity contribution in [1.29, 1.82) is 0 Å². The maximum atomic E-state index is 14.4. The third-order valence-corrected chi connectivity index (χ3v) is 6.28. The molecule has 0 saturated heterocycles. The number of aromatic nitrogens is 2. The summed E-state index contributed by atoms with van der Waals surface area (Å²) in [6.45, 7) is 0. The quantitative estimate of drug-likeness (QED) is 0.312. The number of alkyl halides is 3. The van der Waals surface area contributed by atoms with Gasteiger partial charge >= 0.3 is 12.3 Å². The van der Waals surface area contributed by atoms with E-state index in [2.05, 4.69) is 10.3 Å². The predicted molar refractivity (Wildman–Crippen MR) is 125 cm³/mol. The lowest BCUT2D eigenvalue weighted by atomic mass is 9.85. The van der Waals surface area contributed by atoms with Crippen molar-refractivity contribution in [2.24, 2.45) is 5.16 Å². The summed E-state index contributed by atoms with van der Waals surface area (Å²) < 4.78 is 43.9. The van der Waals surface area contributed by atoms with E-state index in [0.717, 1.165) is 4.68 Å². The van der Waals surface area contributed by atoms with Crippen LogP contribution in [-0.4, -0.2) is 32.9 Å². The number of hydrogen-bond donors (Lipinski definition) is 1. The molecule has 6 nitrogen and oxygen atoms in total. The van der Waals surface area contributed by atoms with Crippen LogP contribution in [0.25, 0.3) is 21.9 Å². The maximum Gasteiger partial charge on any atom is 0.435 e. The van der Waals surface area contributed by atoms with E-state index in [1.54, 1.807) is 36.4 Å². The van der Waals surface area contributed by atoms with Gasteiger partial charge in [-0.05, 0) is 34.5 Å². The van der Waals surface area contributed by atoms with Gasteiger partial charge in [-0.1, -0.05) is 64.8 Å². The van der Waals surface area contributed by atoms with Gasteiger partial charge < -0.3 is 9.94 Å². The Morgan fingerprint density at radius 3 is 2.26 bits per heavy atom. The minimum atomic E-state index is -4.81. The van der Waals surface area contributed by atoms with Crippen molar-refractivity contribution in [3.8, 4) is 11.1 Å². The average Bonchev–Trinajstić information content (AvgIpc) is 3.46. The van der Waals surface area contributed by atoms with Crippen LogP contribution in [0.5, 0.6) is 0 Å². The summed E-state index contributed by atoms with van der Waals surface area (Å²) in [6, 6.07) is 14.1. The van der Waals surface area contributed by atoms with E-state index >= 15 is 0 Å². The lowest BCUT2D eigenvalue weighted by Gasteiger charge is -2.29. The van der Waals surface area contributed by atoms with Gasteiger partial charge in [0.25, 0.3) is 5.60 Å². The van der Waals surface area contributed by atoms with Crippen LogP contribution in [0, 0.1) is 0 Å². The molecule has 2 heterocycles. The summed E-state index contributed by atoms with van der Waals surface area (Å²) in [7, 11) is 0.